The molecule has 1 atom stereocenters. The van der Waals surface area contributed by atoms with E-state index in [0.29, 0.717) is 16.5 Å². The Morgan fingerprint density at radius 1 is 1.32 bits per heavy atom. The van der Waals surface area contributed by atoms with E-state index in [-0.39, 0.29) is 24.3 Å². The molecule has 0 aliphatic heterocycles. The van der Waals surface area contributed by atoms with Crippen LogP contribution in [0.5, 0.6) is 5.75 Å². The molecule has 3 aromatic rings. The standard InChI is InChI=1S/C21H24ClN3O3/c1-5-25-15(4)18(11-23-25)14(3)24-21(26)20-9-7-17(28-20)12-27-16-6-8-19(22)13(2)10-16/h6-11,14H,5,12H2,1-4H3,(H,24,26). The fraction of sp³-hybridized carbons (Fsp3) is 0.333. The molecule has 1 amide bonds. The van der Waals surface area contributed by atoms with Crippen molar-refractivity contribution in [3.8, 4) is 5.75 Å². The molecule has 1 N–H and O–H groups in total. The first-order valence-corrected chi connectivity index (χ1v) is 9.57. The third kappa shape index (κ3) is 4.39. The second-order valence-corrected chi connectivity index (χ2v) is 7.07. The van der Waals surface area contributed by atoms with Crippen LogP contribution in [0, 0.1) is 13.8 Å². The normalized spacial score (nSPS) is 12.0. The maximum Gasteiger partial charge on any atom is 0.287 e. The summed E-state index contributed by atoms with van der Waals surface area (Å²) in [5, 5.41) is 7.96. The molecule has 0 bridgehead atoms. The number of aromatic nitrogens is 2. The van der Waals surface area contributed by atoms with Gasteiger partial charge in [-0.05, 0) is 63.6 Å². The topological polar surface area (TPSA) is 69.3 Å². The summed E-state index contributed by atoms with van der Waals surface area (Å²) in [5.41, 5.74) is 2.97. The van der Waals surface area contributed by atoms with E-state index in [4.69, 9.17) is 20.8 Å². The van der Waals surface area contributed by atoms with Gasteiger partial charge >= 0.3 is 0 Å². The molecule has 2 aromatic heterocycles. The first-order valence-electron chi connectivity index (χ1n) is 9.19. The maximum atomic E-state index is 12.5. The molecule has 0 radical (unpaired) electrons. The molecule has 0 aliphatic carbocycles. The van der Waals surface area contributed by atoms with Gasteiger partial charge in [0.1, 0.15) is 18.1 Å². The molecular formula is C21H24ClN3O3. The summed E-state index contributed by atoms with van der Waals surface area (Å²) in [6, 6.07) is 8.66. The average molecular weight is 402 g/mol. The van der Waals surface area contributed by atoms with Crippen molar-refractivity contribution in [2.24, 2.45) is 0 Å². The minimum absolute atomic E-state index is 0.172. The molecule has 1 aromatic carbocycles. The number of amides is 1. The SMILES string of the molecule is CCn1ncc(C(C)NC(=O)c2ccc(COc3ccc(Cl)c(C)c3)o2)c1C. The number of furan rings is 1. The Bertz CT molecular complexity index is 977. The summed E-state index contributed by atoms with van der Waals surface area (Å²) in [7, 11) is 0. The number of carbonyl (C=O) groups is 1. The predicted octanol–water partition coefficient (Wildman–Crippen LogP) is 4.84. The lowest BCUT2D eigenvalue weighted by atomic mass is 10.1. The van der Waals surface area contributed by atoms with E-state index < -0.39 is 0 Å². The quantitative estimate of drug-likeness (QED) is 0.615. The number of hydrogen-bond acceptors (Lipinski definition) is 4. The van der Waals surface area contributed by atoms with Crippen molar-refractivity contribution >= 4 is 17.5 Å². The van der Waals surface area contributed by atoms with E-state index in [0.717, 1.165) is 23.4 Å². The van der Waals surface area contributed by atoms with E-state index in [1.165, 1.54) is 0 Å². The minimum Gasteiger partial charge on any atom is -0.486 e. The van der Waals surface area contributed by atoms with Crippen molar-refractivity contribution < 1.29 is 13.9 Å². The Morgan fingerprint density at radius 2 is 2.11 bits per heavy atom. The first kappa shape index (κ1) is 20.0. The molecule has 0 saturated heterocycles. The Balaban J connectivity index is 1.60. The van der Waals surface area contributed by atoms with Gasteiger partial charge in [0.05, 0.1) is 12.2 Å². The monoisotopic (exact) mass is 401 g/mol. The van der Waals surface area contributed by atoms with Gasteiger partial charge in [-0.25, -0.2) is 0 Å². The van der Waals surface area contributed by atoms with Gasteiger partial charge in [0, 0.05) is 22.8 Å². The highest BCUT2D eigenvalue weighted by Gasteiger charge is 2.18. The number of aryl methyl sites for hydroxylation is 2. The Hall–Kier alpha value is -2.73. The van der Waals surface area contributed by atoms with E-state index >= 15 is 0 Å². The third-order valence-electron chi connectivity index (χ3n) is 4.65. The van der Waals surface area contributed by atoms with Crippen LogP contribution in [0.3, 0.4) is 0 Å². The fourth-order valence-electron chi connectivity index (χ4n) is 2.99. The molecule has 3 rings (SSSR count). The van der Waals surface area contributed by atoms with E-state index in [1.54, 1.807) is 30.5 Å². The molecule has 0 saturated carbocycles. The molecule has 0 spiro atoms. The molecule has 148 valence electrons. The third-order valence-corrected chi connectivity index (χ3v) is 5.07. The lowest BCUT2D eigenvalue weighted by molar-refractivity contribution is 0.0907. The highest BCUT2D eigenvalue weighted by Crippen LogP contribution is 2.22. The summed E-state index contributed by atoms with van der Waals surface area (Å²) < 4.78 is 13.2. The van der Waals surface area contributed by atoms with E-state index in [2.05, 4.69) is 10.4 Å². The van der Waals surface area contributed by atoms with Gasteiger partial charge in [-0.3, -0.25) is 9.48 Å². The second-order valence-electron chi connectivity index (χ2n) is 6.66. The van der Waals surface area contributed by atoms with Gasteiger partial charge in [0.25, 0.3) is 5.91 Å². The van der Waals surface area contributed by atoms with Crippen LogP contribution in [0.2, 0.25) is 5.02 Å². The Labute approximate surface area is 169 Å². The predicted molar refractivity (Wildman–Crippen MR) is 108 cm³/mol. The van der Waals surface area contributed by atoms with E-state index in [9.17, 15) is 4.79 Å². The Kier molecular flexibility index (Phi) is 6.09. The van der Waals surface area contributed by atoms with Crippen molar-refractivity contribution in [2.45, 2.75) is 46.9 Å². The molecule has 2 heterocycles. The number of hydrogen-bond donors (Lipinski definition) is 1. The lowest BCUT2D eigenvalue weighted by Crippen LogP contribution is -2.26. The molecular weight excluding hydrogens is 378 g/mol. The van der Waals surface area contributed by atoms with Crippen LogP contribution in [-0.2, 0) is 13.2 Å². The second kappa shape index (κ2) is 8.52. The zero-order valence-electron chi connectivity index (χ0n) is 16.5. The average Bonchev–Trinajstić information content (AvgIpc) is 3.29. The van der Waals surface area contributed by atoms with Gasteiger partial charge in [-0.1, -0.05) is 11.6 Å². The summed E-state index contributed by atoms with van der Waals surface area (Å²) in [4.78, 5) is 12.5. The number of nitrogens with one attached hydrogen (secondary N) is 1. The van der Waals surface area contributed by atoms with Crippen molar-refractivity contribution in [2.75, 3.05) is 0 Å². The summed E-state index contributed by atoms with van der Waals surface area (Å²) in [6.45, 7) is 8.89. The van der Waals surface area contributed by atoms with E-state index in [1.807, 2.05) is 38.4 Å². The highest BCUT2D eigenvalue weighted by molar-refractivity contribution is 6.31. The number of nitrogens with zero attached hydrogens (tertiary/aromatic N) is 2. The number of rotatable bonds is 7. The number of ether oxygens (including phenoxy) is 1. The molecule has 1 unspecified atom stereocenters. The van der Waals surface area contributed by atoms with Gasteiger partial charge in [-0.2, -0.15) is 5.10 Å². The van der Waals surface area contributed by atoms with Crippen LogP contribution >= 0.6 is 11.6 Å². The smallest absolute Gasteiger partial charge is 0.287 e. The van der Waals surface area contributed by atoms with Gasteiger partial charge in [-0.15, -0.1) is 0 Å². The van der Waals surface area contributed by atoms with Crippen molar-refractivity contribution in [3.63, 3.8) is 0 Å². The first-order chi connectivity index (χ1) is 13.4. The number of halogens is 1. The van der Waals surface area contributed by atoms with Crippen LogP contribution in [0.15, 0.2) is 40.9 Å². The van der Waals surface area contributed by atoms with Crippen LogP contribution in [0.1, 0.15) is 53.0 Å². The zero-order valence-corrected chi connectivity index (χ0v) is 17.2. The van der Waals surface area contributed by atoms with Crippen molar-refractivity contribution in [1.29, 1.82) is 0 Å². The van der Waals surface area contributed by atoms with Gasteiger partial charge in [0.15, 0.2) is 5.76 Å². The summed E-state index contributed by atoms with van der Waals surface area (Å²) >= 11 is 6.02. The number of benzene rings is 1. The summed E-state index contributed by atoms with van der Waals surface area (Å²) in [6.07, 6.45) is 1.79. The molecule has 6 nitrogen and oxygen atoms in total. The fourth-order valence-corrected chi connectivity index (χ4v) is 3.11. The number of carbonyl (C=O) groups excluding carboxylic acids is 1. The van der Waals surface area contributed by atoms with Crippen LogP contribution in [0.4, 0.5) is 0 Å². The molecule has 0 aliphatic rings. The molecule has 0 fully saturated rings. The van der Waals surface area contributed by atoms with Crippen molar-refractivity contribution in [1.82, 2.24) is 15.1 Å². The van der Waals surface area contributed by atoms with Crippen LogP contribution in [-0.4, -0.2) is 15.7 Å². The van der Waals surface area contributed by atoms with Crippen LogP contribution in [0.25, 0.3) is 0 Å². The zero-order chi connectivity index (χ0) is 20.3. The minimum atomic E-state index is -0.273. The largest absolute Gasteiger partial charge is 0.486 e. The van der Waals surface area contributed by atoms with Gasteiger partial charge in [0.2, 0.25) is 0 Å². The summed E-state index contributed by atoms with van der Waals surface area (Å²) in [5.74, 6) is 1.24. The molecule has 28 heavy (non-hydrogen) atoms. The van der Waals surface area contributed by atoms with Crippen LogP contribution < -0.4 is 10.1 Å². The van der Waals surface area contributed by atoms with Gasteiger partial charge < -0.3 is 14.5 Å². The maximum absolute atomic E-state index is 12.5. The highest BCUT2D eigenvalue weighted by atomic mass is 35.5. The molecule has 7 heteroatoms. The lowest BCUT2D eigenvalue weighted by Gasteiger charge is -2.13. The van der Waals surface area contributed by atoms with Crippen molar-refractivity contribution in [3.05, 3.63) is 69.9 Å². The Morgan fingerprint density at radius 3 is 2.79 bits per heavy atom.